The summed E-state index contributed by atoms with van der Waals surface area (Å²) >= 11 is 0. The second kappa shape index (κ2) is 4.71. The van der Waals surface area contributed by atoms with Crippen LogP contribution >= 0.6 is 0 Å². The van der Waals surface area contributed by atoms with E-state index >= 15 is 0 Å². The first-order valence-corrected chi connectivity index (χ1v) is 6.77. The molecule has 1 aromatic rings. The summed E-state index contributed by atoms with van der Waals surface area (Å²) in [5.74, 6) is 0. The normalized spacial score (nSPS) is 13.4. The van der Waals surface area contributed by atoms with E-state index in [0.717, 1.165) is 17.5 Å². The van der Waals surface area contributed by atoms with Crippen molar-refractivity contribution in [2.45, 2.75) is 20.0 Å². The van der Waals surface area contributed by atoms with Gasteiger partial charge in [-0.25, -0.2) is 8.42 Å². The van der Waals surface area contributed by atoms with Crippen molar-refractivity contribution in [1.29, 1.82) is 0 Å². The van der Waals surface area contributed by atoms with Gasteiger partial charge in [0, 0.05) is 11.4 Å². The molecule has 4 N–H and O–H groups in total. The molecule has 0 bridgehead atoms. The van der Waals surface area contributed by atoms with E-state index in [4.69, 9.17) is 5.73 Å². The fourth-order valence-corrected chi connectivity index (χ4v) is 2.13. The van der Waals surface area contributed by atoms with Crippen molar-refractivity contribution in [1.82, 2.24) is 4.72 Å². The van der Waals surface area contributed by atoms with Crippen LogP contribution in [0, 0.1) is 6.92 Å². The number of hydrogen-bond donors (Lipinski definition) is 3. The average Bonchev–Trinajstić information content (AvgIpc) is 2.06. The monoisotopic (exact) mass is 243 g/mol. The van der Waals surface area contributed by atoms with E-state index < -0.39 is 10.0 Å². The molecule has 0 radical (unpaired) electrons. The van der Waals surface area contributed by atoms with E-state index in [1.165, 1.54) is 0 Å². The molecule has 0 amide bonds. The van der Waals surface area contributed by atoms with Gasteiger partial charge in [-0.2, -0.15) is 4.72 Å². The maximum Gasteiger partial charge on any atom is 0.210 e. The van der Waals surface area contributed by atoms with E-state index in [-0.39, 0.29) is 6.17 Å². The van der Waals surface area contributed by atoms with Gasteiger partial charge in [0.1, 0.15) is 0 Å². The molecule has 0 aliphatic heterocycles. The van der Waals surface area contributed by atoms with Gasteiger partial charge < -0.3 is 11.1 Å². The Bertz CT molecular complexity index is 471. The maximum absolute atomic E-state index is 11.0. The van der Waals surface area contributed by atoms with Crippen LogP contribution in [0.25, 0.3) is 0 Å². The van der Waals surface area contributed by atoms with E-state index in [2.05, 4.69) is 10.0 Å². The minimum absolute atomic E-state index is 0.364. The molecule has 90 valence electrons. The maximum atomic E-state index is 11.0. The van der Waals surface area contributed by atoms with Crippen LogP contribution in [-0.4, -0.2) is 20.8 Å². The van der Waals surface area contributed by atoms with Crippen molar-refractivity contribution in [3.63, 3.8) is 0 Å². The standard InChI is InChI=1S/C10H17N3O2S/c1-7-6-9(11)4-5-10(7)12-8(2)13-16(3,14)15/h4-6,8,12-13H,11H2,1-3H3. The third-order valence-corrected chi connectivity index (χ3v) is 2.80. The molecule has 0 aliphatic carbocycles. The van der Waals surface area contributed by atoms with Crippen molar-refractivity contribution in [3.05, 3.63) is 23.8 Å². The first-order valence-electron chi connectivity index (χ1n) is 4.88. The smallest absolute Gasteiger partial charge is 0.210 e. The Kier molecular flexibility index (Phi) is 3.77. The summed E-state index contributed by atoms with van der Waals surface area (Å²) in [6.07, 6.45) is 0.762. The summed E-state index contributed by atoms with van der Waals surface area (Å²) in [4.78, 5) is 0. The number of nitrogen functional groups attached to an aromatic ring is 1. The van der Waals surface area contributed by atoms with E-state index in [9.17, 15) is 8.42 Å². The number of aryl methyl sites for hydroxylation is 1. The van der Waals surface area contributed by atoms with Crippen LogP contribution in [0.4, 0.5) is 11.4 Å². The molecule has 0 saturated heterocycles. The van der Waals surface area contributed by atoms with Gasteiger partial charge in [0.15, 0.2) is 0 Å². The van der Waals surface area contributed by atoms with Crippen molar-refractivity contribution in [2.24, 2.45) is 0 Å². The summed E-state index contributed by atoms with van der Waals surface area (Å²) in [5.41, 5.74) is 8.14. The fourth-order valence-electron chi connectivity index (χ4n) is 1.43. The molecule has 0 fully saturated rings. The van der Waals surface area contributed by atoms with Gasteiger partial charge in [-0.1, -0.05) is 0 Å². The summed E-state index contributed by atoms with van der Waals surface area (Å²) in [6, 6.07) is 5.42. The molecule has 0 aliphatic rings. The SMILES string of the molecule is Cc1cc(N)ccc1NC(C)NS(C)(=O)=O. The summed E-state index contributed by atoms with van der Waals surface area (Å²) < 4.78 is 24.4. The van der Waals surface area contributed by atoms with Crippen LogP contribution in [0.15, 0.2) is 18.2 Å². The van der Waals surface area contributed by atoms with Gasteiger partial charge in [0.05, 0.1) is 12.4 Å². The van der Waals surface area contributed by atoms with Gasteiger partial charge in [-0.15, -0.1) is 0 Å². The zero-order valence-electron chi connectivity index (χ0n) is 9.61. The molecule has 1 rings (SSSR count). The highest BCUT2D eigenvalue weighted by Gasteiger charge is 2.08. The van der Waals surface area contributed by atoms with Crippen molar-refractivity contribution >= 4 is 21.4 Å². The summed E-state index contributed by atoms with van der Waals surface area (Å²) in [5, 5.41) is 3.05. The minimum atomic E-state index is -3.20. The molecule has 0 spiro atoms. The third-order valence-electron chi connectivity index (χ3n) is 2.01. The average molecular weight is 243 g/mol. The highest BCUT2D eigenvalue weighted by Crippen LogP contribution is 2.17. The van der Waals surface area contributed by atoms with Crippen LogP contribution in [-0.2, 0) is 10.0 Å². The molecule has 1 aromatic carbocycles. The predicted octanol–water partition coefficient (Wildman–Crippen LogP) is 0.884. The largest absolute Gasteiger partial charge is 0.399 e. The highest BCUT2D eigenvalue weighted by molar-refractivity contribution is 7.88. The second-order valence-corrected chi connectivity index (χ2v) is 5.61. The number of rotatable bonds is 4. The van der Waals surface area contributed by atoms with Crippen molar-refractivity contribution in [2.75, 3.05) is 17.3 Å². The molecule has 5 nitrogen and oxygen atoms in total. The Morgan fingerprint density at radius 1 is 1.38 bits per heavy atom. The Balaban J connectivity index is 2.73. The fraction of sp³-hybridized carbons (Fsp3) is 0.400. The number of sulfonamides is 1. The first-order chi connectivity index (χ1) is 7.28. The van der Waals surface area contributed by atoms with Crippen LogP contribution in [0.2, 0.25) is 0 Å². The van der Waals surface area contributed by atoms with E-state index in [0.29, 0.717) is 5.69 Å². The number of hydrogen-bond acceptors (Lipinski definition) is 4. The lowest BCUT2D eigenvalue weighted by atomic mass is 10.2. The molecule has 0 aromatic heterocycles. The molecule has 6 heteroatoms. The zero-order valence-corrected chi connectivity index (χ0v) is 10.4. The molecular formula is C10H17N3O2S. The minimum Gasteiger partial charge on any atom is -0.399 e. The lowest BCUT2D eigenvalue weighted by Gasteiger charge is -2.17. The summed E-state index contributed by atoms with van der Waals surface area (Å²) in [6.45, 7) is 3.64. The van der Waals surface area contributed by atoms with Crippen LogP contribution in [0.1, 0.15) is 12.5 Å². The molecule has 1 unspecified atom stereocenters. The van der Waals surface area contributed by atoms with Gasteiger partial charge in [0.25, 0.3) is 0 Å². The quantitative estimate of drug-likeness (QED) is 0.541. The number of nitrogens with two attached hydrogens (primary N) is 1. The van der Waals surface area contributed by atoms with Crippen LogP contribution in [0.3, 0.4) is 0 Å². The topological polar surface area (TPSA) is 84.2 Å². The molecule has 16 heavy (non-hydrogen) atoms. The zero-order chi connectivity index (χ0) is 12.3. The Hall–Kier alpha value is -1.27. The third kappa shape index (κ3) is 4.08. The van der Waals surface area contributed by atoms with Gasteiger partial charge >= 0.3 is 0 Å². The molecule has 0 saturated carbocycles. The number of nitrogens with one attached hydrogen (secondary N) is 2. The Morgan fingerprint density at radius 3 is 2.50 bits per heavy atom. The molecular weight excluding hydrogens is 226 g/mol. The number of anilines is 2. The molecule has 1 atom stereocenters. The van der Waals surface area contributed by atoms with Crippen molar-refractivity contribution in [3.8, 4) is 0 Å². The van der Waals surface area contributed by atoms with Crippen LogP contribution in [0.5, 0.6) is 0 Å². The predicted molar refractivity (Wildman–Crippen MR) is 66.7 cm³/mol. The first kappa shape index (κ1) is 12.8. The lowest BCUT2D eigenvalue weighted by molar-refractivity contribution is 0.578. The van der Waals surface area contributed by atoms with Gasteiger partial charge in [0.2, 0.25) is 10.0 Å². The Labute approximate surface area is 96.1 Å². The van der Waals surface area contributed by atoms with Crippen molar-refractivity contribution < 1.29 is 8.42 Å². The molecule has 0 heterocycles. The van der Waals surface area contributed by atoms with Gasteiger partial charge in [-0.3, -0.25) is 0 Å². The van der Waals surface area contributed by atoms with E-state index in [1.54, 1.807) is 13.0 Å². The highest BCUT2D eigenvalue weighted by atomic mass is 32.2. The number of benzene rings is 1. The second-order valence-electron chi connectivity index (χ2n) is 3.83. The Morgan fingerprint density at radius 2 is 2.00 bits per heavy atom. The lowest BCUT2D eigenvalue weighted by Crippen LogP contribution is -2.37. The van der Waals surface area contributed by atoms with Gasteiger partial charge in [-0.05, 0) is 37.6 Å². The summed E-state index contributed by atoms with van der Waals surface area (Å²) in [7, 11) is -3.20. The van der Waals surface area contributed by atoms with E-state index in [1.807, 2.05) is 19.1 Å². The van der Waals surface area contributed by atoms with Crippen LogP contribution < -0.4 is 15.8 Å².